The van der Waals surface area contributed by atoms with E-state index in [-0.39, 0.29) is 137 Å². The minimum Gasteiger partial charge on any atom is -1.00 e. The fourth-order valence-electron chi connectivity index (χ4n) is 0.429. The Bertz CT molecular complexity index is 430. The molecule has 0 spiro atoms. The van der Waals surface area contributed by atoms with Crippen LogP contribution in [0.15, 0.2) is 0 Å². The van der Waals surface area contributed by atoms with Gasteiger partial charge < -0.3 is 33.6 Å². The molecular weight excluding hydrogens is 433 g/mol. The molecule has 0 saturated heterocycles. The van der Waals surface area contributed by atoms with Gasteiger partial charge in [-0.25, -0.2) is 18.3 Å². The molecule has 20 heteroatoms. The van der Waals surface area contributed by atoms with Crippen LogP contribution in [0.25, 0.3) is 0 Å². The van der Waals surface area contributed by atoms with Crippen molar-refractivity contribution in [1.29, 1.82) is 0 Å². The van der Waals surface area contributed by atoms with Gasteiger partial charge in [-0.15, -0.1) is 0 Å². The molecule has 0 aliphatic heterocycles. The van der Waals surface area contributed by atoms with Gasteiger partial charge in [0.2, 0.25) is 0 Å². The van der Waals surface area contributed by atoms with Crippen LogP contribution in [0.3, 0.4) is 0 Å². The quantitative estimate of drug-likeness (QED) is 0.167. The predicted molar refractivity (Wildman–Crippen MR) is 50.3 cm³/mol. The van der Waals surface area contributed by atoms with E-state index in [0.29, 0.717) is 0 Å². The number of hydrogen-bond donors (Lipinski definition) is 6. The average molecular weight is 442 g/mol. The van der Waals surface area contributed by atoms with Crippen LogP contribution in [0.2, 0.25) is 0 Å². The van der Waals surface area contributed by atoms with Gasteiger partial charge in [0.25, 0.3) is 0 Å². The van der Waals surface area contributed by atoms with Crippen molar-refractivity contribution in [3.63, 3.8) is 0 Å². The van der Waals surface area contributed by atoms with E-state index >= 15 is 0 Å². The first kappa shape index (κ1) is 32.5. The van der Waals surface area contributed by atoms with Crippen LogP contribution >= 0.6 is 31.3 Å². The van der Waals surface area contributed by atoms with Gasteiger partial charge in [-0.1, -0.05) is 0 Å². The molecular formula is H9K2NaO13P4. The molecule has 110 valence electrons. The molecule has 2 atom stereocenters. The van der Waals surface area contributed by atoms with Crippen molar-refractivity contribution in [3.05, 3.63) is 0 Å². The van der Waals surface area contributed by atoms with E-state index in [9.17, 15) is 18.3 Å². The Morgan fingerprint density at radius 1 is 0.600 bits per heavy atom. The molecule has 0 aromatic rings. The zero-order valence-corrected chi connectivity index (χ0v) is 22.2. The summed E-state index contributed by atoms with van der Waals surface area (Å²) in [6.45, 7) is 0. The van der Waals surface area contributed by atoms with E-state index in [1.807, 2.05) is 0 Å². The van der Waals surface area contributed by atoms with Crippen molar-refractivity contribution >= 4 is 31.3 Å². The molecule has 6 N–H and O–H groups in total. The number of rotatable bonds is 6. The van der Waals surface area contributed by atoms with Gasteiger partial charge in [0, 0.05) is 0 Å². The zero-order valence-electron chi connectivity index (χ0n) is 13.3. The molecule has 0 aliphatic rings. The summed E-state index contributed by atoms with van der Waals surface area (Å²) in [5.41, 5.74) is 0. The third kappa shape index (κ3) is 20.9. The second-order valence-electron chi connectivity index (χ2n) is 2.16. The van der Waals surface area contributed by atoms with Crippen molar-refractivity contribution < 1.29 is 197 Å². The normalized spacial score (nSPS) is 17.5. The van der Waals surface area contributed by atoms with Crippen molar-refractivity contribution in [1.82, 2.24) is 0 Å². The third-order valence-corrected chi connectivity index (χ3v) is 5.63. The first-order chi connectivity index (χ1) is 7.12. The van der Waals surface area contributed by atoms with E-state index in [1.165, 1.54) is 0 Å². The van der Waals surface area contributed by atoms with Gasteiger partial charge in [0.15, 0.2) is 0 Å². The minimum absolute atomic E-state index is 0. The molecule has 20 heavy (non-hydrogen) atoms. The van der Waals surface area contributed by atoms with E-state index in [4.69, 9.17) is 29.4 Å². The fraction of sp³-hybridized carbons (Fsp3) is 0. The van der Waals surface area contributed by atoms with Gasteiger partial charge in [0.1, 0.15) is 0 Å². The largest absolute Gasteiger partial charge is 1.00 e. The van der Waals surface area contributed by atoms with E-state index in [2.05, 4.69) is 12.9 Å². The molecule has 2 unspecified atom stereocenters. The zero-order chi connectivity index (χ0) is 14.1. The van der Waals surface area contributed by atoms with Crippen molar-refractivity contribution in [2.45, 2.75) is 0 Å². The van der Waals surface area contributed by atoms with Gasteiger partial charge >= 0.3 is 164 Å². The molecule has 0 saturated carbocycles. The van der Waals surface area contributed by atoms with Crippen LogP contribution in [-0.4, -0.2) is 29.4 Å². The SMILES string of the molecule is O=P(O)(O)OP(=O)(O)OP(=O)(O)OP(=O)(O)O.[H-].[H-].[H-].[K+].[K+].[Na+]. The monoisotopic (exact) mass is 442 g/mol. The van der Waals surface area contributed by atoms with Crippen molar-refractivity contribution in [2.75, 3.05) is 0 Å². The van der Waals surface area contributed by atoms with Gasteiger partial charge in [-0.2, -0.15) is 12.9 Å². The van der Waals surface area contributed by atoms with Crippen LogP contribution in [-0.2, 0) is 31.2 Å². The standard InChI is InChI=1S/2K.Na.H6O13P4.3H/c;;;1-14(2,3)11-16(7,8)13-17(9,10)12-15(4,5)6;;;/h;;;(H,7,8)(H,9,10)(H2,1,2,3)(H2,4,5,6);;;/q3*+1;;3*-1. The van der Waals surface area contributed by atoms with Gasteiger partial charge in [-0.3, -0.25) is 0 Å². The van der Waals surface area contributed by atoms with E-state index in [1.54, 1.807) is 0 Å². The van der Waals surface area contributed by atoms with Crippen molar-refractivity contribution in [3.8, 4) is 0 Å². The first-order valence-corrected chi connectivity index (χ1v) is 9.08. The number of hydrogen-bond acceptors (Lipinski definition) is 7. The maximum atomic E-state index is 10.7. The van der Waals surface area contributed by atoms with Gasteiger partial charge in [-0.05, 0) is 0 Å². The molecule has 0 amide bonds. The van der Waals surface area contributed by atoms with E-state index < -0.39 is 31.3 Å². The predicted octanol–water partition coefficient (Wildman–Crippen LogP) is -9.23. The average Bonchev–Trinajstić information content (AvgIpc) is 1.65. The number of phosphoric acid groups is 4. The Labute approximate surface area is 223 Å². The summed E-state index contributed by atoms with van der Waals surface area (Å²) >= 11 is 0. The van der Waals surface area contributed by atoms with E-state index in [0.717, 1.165) is 0 Å². The molecule has 0 bridgehead atoms. The molecule has 0 radical (unpaired) electrons. The second-order valence-corrected chi connectivity index (χ2v) is 7.96. The maximum absolute atomic E-state index is 10.7. The molecule has 0 heterocycles. The molecule has 0 aliphatic carbocycles. The summed E-state index contributed by atoms with van der Waals surface area (Å²) in [4.78, 5) is 49.4. The Kier molecular flexibility index (Phi) is 19.9. The van der Waals surface area contributed by atoms with Crippen LogP contribution in [0.5, 0.6) is 0 Å². The third-order valence-electron chi connectivity index (χ3n) is 0.625. The summed E-state index contributed by atoms with van der Waals surface area (Å²) in [7, 11) is -22.6. The summed E-state index contributed by atoms with van der Waals surface area (Å²) in [6.07, 6.45) is 0. The van der Waals surface area contributed by atoms with Crippen LogP contribution < -0.4 is 132 Å². The fourth-order valence-corrected chi connectivity index (χ4v) is 4.40. The Morgan fingerprint density at radius 3 is 0.950 bits per heavy atom. The smallest absolute Gasteiger partial charge is 1.00 e. The van der Waals surface area contributed by atoms with Crippen LogP contribution in [0.4, 0.5) is 0 Å². The molecule has 0 aromatic heterocycles. The Morgan fingerprint density at radius 2 is 0.800 bits per heavy atom. The summed E-state index contributed by atoms with van der Waals surface area (Å²) in [5, 5.41) is 0. The summed E-state index contributed by atoms with van der Waals surface area (Å²) < 4.78 is 50.9. The summed E-state index contributed by atoms with van der Waals surface area (Å²) in [5.74, 6) is 0. The summed E-state index contributed by atoms with van der Waals surface area (Å²) in [6, 6.07) is 0. The topological polar surface area (TPSA) is 217 Å². The first-order valence-electron chi connectivity index (χ1n) is 3.03. The van der Waals surface area contributed by atoms with Crippen LogP contribution in [0.1, 0.15) is 4.28 Å². The molecule has 0 fully saturated rings. The second kappa shape index (κ2) is 12.3. The van der Waals surface area contributed by atoms with Crippen molar-refractivity contribution in [2.24, 2.45) is 0 Å². The minimum atomic E-state index is -5.77. The molecule has 0 aromatic carbocycles. The maximum Gasteiger partial charge on any atom is 1.00 e. The Balaban J connectivity index is -0.0000000853. The molecule has 0 rings (SSSR count). The van der Waals surface area contributed by atoms with Crippen LogP contribution in [0, 0.1) is 0 Å². The molecule has 13 nitrogen and oxygen atoms in total. The van der Waals surface area contributed by atoms with Gasteiger partial charge in [0.05, 0.1) is 0 Å². The Hall–Kier alpha value is 4.83.